The third-order valence-corrected chi connectivity index (χ3v) is 6.82. The highest BCUT2D eigenvalue weighted by molar-refractivity contribution is 6.32. The van der Waals surface area contributed by atoms with E-state index in [-0.39, 0.29) is 22.1 Å². The Hall–Kier alpha value is -3.79. The molecule has 1 unspecified atom stereocenters. The molecule has 4 heterocycles. The second kappa shape index (κ2) is 9.34. The zero-order valence-electron chi connectivity index (χ0n) is 19.9. The van der Waals surface area contributed by atoms with Gasteiger partial charge in [0.1, 0.15) is 17.3 Å². The molecule has 1 atom stereocenters. The third kappa shape index (κ3) is 4.01. The standard InChI is InChI=1S/C25H25ClFN7O2/c1-3-4-6-15(28)13-33-12-14(10-30-33)20-9-16-21-17(11-29-23(16)31-20)24(35)34(25(36)32(21)2)22-18(26)7-5-8-19(22)27/h5,7-8,10-12,20,28H,3-4,6,9,13H2,1-2H3,(H,29,31). The lowest BCUT2D eigenvalue weighted by atomic mass is 10.0. The summed E-state index contributed by atoms with van der Waals surface area (Å²) >= 11 is 6.16. The molecule has 0 spiro atoms. The van der Waals surface area contributed by atoms with E-state index < -0.39 is 17.1 Å². The minimum atomic E-state index is -0.767. The molecule has 36 heavy (non-hydrogen) atoms. The molecular weight excluding hydrogens is 485 g/mol. The number of fused-ring (bicyclic) bond motifs is 3. The zero-order chi connectivity index (χ0) is 25.6. The van der Waals surface area contributed by atoms with Crippen LogP contribution in [-0.4, -0.2) is 29.6 Å². The van der Waals surface area contributed by atoms with Crippen LogP contribution in [0.2, 0.25) is 5.02 Å². The molecule has 0 amide bonds. The summed E-state index contributed by atoms with van der Waals surface area (Å²) in [5, 5.41) is 16.0. The normalized spacial score (nSPS) is 14.7. The summed E-state index contributed by atoms with van der Waals surface area (Å²) in [4.78, 5) is 31.1. The molecule has 11 heteroatoms. The SMILES string of the molecule is CCCCC(=N)Cn1cc(C2Cc3c(ncc4c(=O)n(-c5c(F)cccc5Cl)c(=O)n(C)c34)N2)cn1. The van der Waals surface area contributed by atoms with Crippen LogP contribution in [0.5, 0.6) is 0 Å². The van der Waals surface area contributed by atoms with E-state index in [4.69, 9.17) is 17.0 Å². The molecule has 5 rings (SSSR count). The van der Waals surface area contributed by atoms with Gasteiger partial charge in [-0.1, -0.05) is 31.0 Å². The minimum absolute atomic E-state index is 0.0378. The Morgan fingerprint density at radius 2 is 2.11 bits per heavy atom. The van der Waals surface area contributed by atoms with Crippen LogP contribution in [0.1, 0.15) is 43.4 Å². The number of rotatable bonds is 7. The number of aromatic nitrogens is 5. The maximum absolute atomic E-state index is 14.6. The van der Waals surface area contributed by atoms with E-state index >= 15 is 0 Å². The van der Waals surface area contributed by atoms with Crippen LogP contribution in [0.3, 0.4) is 0 Å². The maximum Gasteiger partial charge on any atom is 0.336 e. The van der Waals surface area contributed by atoms with Crippen LogP contribution in [0, 0.1) is 11.2 Å². The first-order chi connectivity index (χ1) is 17.3. The number of unbranched alkanes of at least 4 members (excludes halogenated alkanes) is 1. The summed E-state index contributed by atoms with van der Waals surface area (Å²) in [5.41, 5.74) is 1.06. The number of benzene rings is 1. The van der Waals surface area contributed by atoms with E-state index in [0.29, 0.717) is 30.0 Å². The summed E-state index contributed by atoms with van der Waals surface area (Å²) in [6.45, 7) is 2.54. The van der Waals surface area contributed by atoms with E-state index in [2.05, 4.69) is 22.3 Å². The predicted octanol–water partition coefficient (Wildman–Crippen LogP) is 3.99. The fourth-order valence-corrected chi connectivity index (χ4v) is 4.93. The molecule has 186 valence electrons. The van der Waals surface area contributed by atoms with Gasteiger partial charge in [0, 0.05) is 42.7 Å². The molecule has 0 fully saturated rings. The first kappa shape index (κ1) is 23.9. The lowest BCUT2D eigenvalue weighted by molar-refractivity contribution is 0.609. The average molecular weight is 510 g/mol. The summed E-state index contributed by atoms with van der Waals surface area (Å²) < 4.78 is 18.4. The van der Waals surface area contributed by atoms with E-state index in [9.17, 15) is 14.0 Å². The molecular formula is C25H25ClFN7O2. The molecule has 0 saturated carbocycles. The molecule has 1 aliphatic heterocycles. The third-order valence-electron chi connectivity index (χ3n) is 6.52. The van der Waals surface area contributed by atoms with Crippen LogP contribution in [0.25, 0.3) is 16.6 Å². The molecule has 0 radical (unpaired) electrons. The topological polar surface area (TPSA) is 111 Å². The van der Waals surface area contributed by atoms with Gasteiger partial charge in [-0.3, -0.25) is 14.0 Å². The van der Waals surface area contributed by atoms with Gasteiger partial charge in [0.2, 0.25) is 0 Å². The molecule has 1 aliphatic rings. The number of nitrogens with one attached hydrogen (secondary N) is 2. The smallest absolute Gasteiger partial charge is 0.336 e. The first-order valence-corrected chi connectivity index (χ1v) is 12.1. The van der Waals surface area contributed by atoms with Gasteiger partial charge in [-0.2, -0.15) is 5.10 Å². The van der Waals surface area contributed by atoms with E-state index in [1.165, 1.54) is 22.9 Å². The molecule has 1 aromatic carbocycles. The van der Waals surface area contributed by atoms with Crippen molar-refractivity contribution in [3.05, 3.63) is 79.6 Å². The van der Waals surface area contributed by atoms with Crippen LogP contribution in [0.15, 0.2) is 46.4 Å². The highest BCUT2D eigenvalue weighted by Crippen LogP contribution is 2.36. The highest BCUT2D eigenvalue weighted by atomic mass is 35.5. The minimum Gasteiger partial charge on any atom is -0.363 e. The summed E-state index contributed by atoms with van der Waals surface area (Å²) in [7, 11) is 1.54. The van der Waals surface area contributed by atoms with E-state index in [1.54, 1.807) is 17.9 Å². The number of hydrogen-bond acceptors (Lipinski definition) is 6. The van der Waals surface area contributed by atoms with Crippen molar-refractivity contribution in [3.8, 4) is 5.69 Å². The fourth-order valence-electron chi connectivity index (χ4n) is 4.69. The number of hydrogen-bond donors (Lipinski definition) is 2. The monoisotopic (exact) mass is 509 g/mol. The van der Waals surface area contributed by atoms with Crippen LogP contribution >= 0.6 is 11.6 Å². The van der Waals surface area contributed by atoms with Crippen molar-refractivity contribution in [1.29, 1.82) is 5.41 Å². The number of halogens is 2. The molecule has 4 aromatic rings. The quantitative estimate of drug-likeness (QED) is 0.366. The van der Waals surface area contributed by atoms with Gasteiger partial charge in [-0.15, -0.1) is 0 Å². The lowest BCUT2D eigenvalue weighted by Crippen LogP contribution is -2.39. The van der Waals surface area contributed by atoms with Crippen molar-refractivity contribution in [2.45, 2.75) is 45.2 Å². The van der Waals surface area contributed by atoms with E-state index in [0.717, 1.165) is 41.0 Å². The van der Waals surface area contributed by atoms with Crippen LogP contribution < -0.4 is 16.6 Å². The molecule has 9 nitrogen and oxygen atoms in total. The van der Waals surface area contributed by atoms with Gasteiger partial charge in [-0.05, 0) is 25.0 Å². The molecule has 2 N–H and O–H groups in total. The lowest BCUT2D eigenvalue weighted by Gasteiger charge is -2.14. The zero-order valence-corrected chi connectivity index (χ0v) is 20.6. The Morgan fingerprint density at radius 1 is 1.31 bits per heavy atom. The van der Waals surface area contributed by atoms with Gasteiger partial charge in [0.15, 0.2) is 0 Å². The summed E-state index contributed by atoms with van der Waals surface area (Å²) in [6, 6.07) is 3.83. The molecule has 0 saturated heterocycles. The predicted molar refractivity (Wildman–Crippen MR) is 137 cm³/mol. The van der Waals surface area contributed by atoms with Gasteiger partial charge in [0.25, 0.3) is 5.56 Å². The number of pyridine rings is 1. The van der Waals surface area contributed by atoms with E-state index in [1.807, 2.05) is 6.20 Å². The maximum atomic E-state index is 14.6. The Kier molecular flexibility index (Phi) is 6.21. The average Bonchev–Trinajstić information content (AvgIpc) is 3.49. The second-order valence-electron chi connectivity index (χ2n) is 8.98. The van der Waals surface area contributed by atoms with Crippen molar-refractivity contribution in [2.75, 3.05) is 5.32 Å². The first-order valence-electron chi connectivity index (χ1n) is 11.7. The molecule has 0 aliphatic carbocycles. The van der Waals surface area contributed by atoms with Crippen molar-refractivity contribution >= 4 is 34.0 Å². The van der Waals surface area contributed by atoms with Gasteiger partial charge < -0.3 is 10.7 Å². The molecule has 0 bridgehead atoms. The highest BCUT2D eigenvalue weighted by Gasteiger charge is 2.29. The fraction of sp³-hybridized carbons (Fsp3) is 0.320. The van der Waals surface area contributed by atoms with Crippen molar-refractivity contribution < 1.29 is 4.39 Å². The number of aryl methyl sites for hydroxylation is 1. The van der Waals surface area contributed by atoms with Crippen molar-refractivity contribution in [2.24, 2.45) is 7.05 Å². The number of nitrogens with zero attached hydrogens (tertiary/aromatic N) is 5. The van der Waals surface area contributed by atoms with Crippen molar-refractivity contribution in [3.63, 3.8) is 0 Å². The summed E-state index contributed by atoms with van der Waals surface area (Å²) in [5.74, 6) is -0.191. The van der Waals surface area contributed by atoms with Crippen LogP contribution in [-0.2, 0) is 20.0 Å². The number of para-hydroxylation sites is 1. The van der Waals surface area contributed by atoms with Gasteiger partial charge >= 0.3 is 5.69 Å². The largest absolute Gasteiger partial charge is 0.363 e. The van der Waals surface area contributed by atoms with Gasteiger partial charge in [0.05, 0.1) is 34.7 Å². The Morgan fingerprint density at radius 3 is 2.86 bits per heavy atom. The Labute approximate surface area is 210 Å². The Bertz CT molecular complexity index is 1600. The summed E-state index contributed by atoms with van der Waals surface area (Å²) in [6.07, 6.45) is 8.31. The van der Waals surface area contributed by atoms with Crippen molar-refractivity contribution in [1.82, 2.24) is 23.9 Å². The second-order valence-corrected chi connectivity index (χ2v) is 9.39. The Balaban J connectivity index is 1.52. The molecule has 3 aromatic heterocycles. The van der Waals surface area contributed by atoms with Gasteiger partial charge in [-0.25, -0.2) is 18.7 Å². The number of anilines is 1. The van der Waals surface area contributed by atoms with Crippen LogP contribution in [0.4, 0.5) is 10.2 Å².